The average Bonchev–Trinajstić information content (AvgIpc) is 2.53. The molecule has 0 aromatic heterocycles. The Balaban J connectivity index is 1.90. The Bertz CT molecular complexity index is 798. The Morgan fingerprint density at radius 3 is 2.73 bits per heavy atom. The molecule has 0 spiro atoms. The molecule has 0 aliphatic carbocycles. The summed E-state index contributed by atoms with van der Waals surface area (Å²) in [5.74, 6) is 0. The third-order valence-corrected chi connectivity index (χ3v) is 4.16. The highest BCUT2D eigenvalue weighted by atomic mass is 35.5. The van der Waals surface area contributed by atoms with E-state index in [1.807, 2.05) is 18.2 Å². The molecule has 22 heavy (non-hydrogen) atoms. The van der Waals surface area contributed by atoms with E-state index in [1.165, 1.54) is 0 Å². The van der Waals surface area contributed by atoms with Crippen LogP contribution in [0.3, 0.4) is 0 Å². The van der Waals surface area contributed by atoms with Gasteiger partial charge in [-0.2, -0.15) is 5.26 Å². The van der Waals surface area contributed by atoms with Gasteiger partial charge in [0, 0.05) is 30.9 Å². The Hall–Kier alpha value is -2.58. The smallest absolute Gasteiger partial charge is 0.269 e. The van der Waals surface area contributed by atoms with Gasteiger partial charge < -0.3 is 4.90 Å². The van der Waals surface area contributed by atoms with Gasteiger partial charge in [0.05, 0.1) is 15.5 Å². The Morgan fingerprint density at radius 2 is 2.05 bits per heavy atom. The van der Waals surface area contributed by atoms with E-state index < -0.39 is 0 Å². The lowest BCUT2D eigenvalue weighted by atomic mass is 9.98. The van der Waals surface area contributed by atoms with Gasteiger partial charge in [0.25, 0.3) is 5.69 Å². The summed E-state index contributed by atoms with van der Waals surface area (Å²) in [6, 6.07) is 12.4. The molecule has 1 heterocycles. The second-order valence-corrected chi connectivity index (χ2v) is 5.56. The van der Waals surface area contributed by atoms with Gasteiger partial charge in [-0.25, -0.2) is 0 Å². The maximum Gasteiger partial charge on any atom is 0.269 e. The fourth-order valence-corrected chi connectivity index (χ4v) is 2.89. The van der Waals surface area contributed by atoms with Crippen molar-refractivity contribution in [2.24, 2.45) is 0 Å². The topological polar surface area (TPSA) is 70.2 Å². The quantitative estimate of drug-likeness (QED) is 0.626. The van der Waals surface area contributed by atoms with Crippen LogP contribution >= 0.6 is 11.6 Å². The van der Waals surface area contributed by atoms with Crippen LogP contribution in [0.2, 0.25) is 5.02 Å². The van der Waals surface area contributed by atoms with Gasteiger partial charge in [-0.15, -0.1) is 0 Å². The first kappa shape index (κ1) is 14.4. The molecule has 5 nitrogen and oxygen atoms in total. The van der Waals surface area contributed by atoms with Crippen molar-refractivity contribution in [2.45, 2.75) is 13.0 Å². The summed E-state index contributed by atoms with van der Waals surface area (Å²) in [6.45, 7) is 1.41. The maximum absolute atomic E-state index is 10.9. The van der Waals surface area contributed by atoms with Gasteiger partial charge in [-0.1, -0.05) is 17.7 Å². The molecule has 0 saturated heterocycles. The van der Waals surface area contributed by atoms with Gasteiger partial charge in [-0.3, -0.25) is 10.1 Å². The number of fused-ring (bicyclic) bond motifs is 1. The highest BCUT2D eigenvalue weighted by Gasteiger charge is 2.19. The van der Waals surface area contributed by atoms with Crippen LogP contribution in [0.5, 0.6) is 0 Å². The van der Waals surface area contributed by atoms with Crippen molar-refractivity contribution >= 4 is 23.0 Å². The molecule has 0 saturated carbocycles. The van der Waals surface area contributed by atoms with Crippen molar-refractivity contribution < 1.29 is 4.92 Å². The van der Waals surface area contributed by atoms with E-state index in [2.05, 4.69) is 4.90 Å². The number of halogens is 1. The van der Waals surface area contributed by atoms with Crippen LogP contribution in [-0.4, -0.2) is 11.5 Å². The number of nitrogens with zero attached hydrogens (tertiary/aromatic N) is 3. The van der Waals surface area contributed by atoms with Crippen LogP contribution < -0.4 is 4.90 Å². The van der Waals surface area contributed by atoms with E-state index in [1.54, 1.807) is 24.3 Å². The largest absolute Gasteiger partial charge is 0.367 e. The number of rotatable bonds is 2. The molecule has 2 aromatic carbocycles. The van der Waals surface area contributed by atoms with Crippen LogP contribution in [0.4, 0.5) is 11.4 Å². The Morgan fingerprint density at radius 1 is 1.23 bits per heavy atom. The van der Waals surface area contributed by atoms with Gasteiger partial charge >= 0.3 is 0 Å². The molecule has 2 aromatic rings. The molecule has 0 atom stereocenters. The average molecular weight is 314 g/mol. The van der Waals surface area contributed by atoms with Crippen molar-refractivity contribution in [1.29, 1.82) is 5.26 Å². The minimum atomic E-state index is -0.377. The number of benzene rings is 2. The zero-order valence-electron chi connectivity index (χ0n) is 11.6. The number of nitro groups is 1. The Labute approximate surface area is 132 Å². The van der Waals surface area contributed by atoms with Crippen molar-refractivity contribution in [2.75, 3.05) is 11.4 Å². The van der Waals surface area contributed by atoms with Gasteiger partial charge in [0.1, 0.15) is 6.07 Å². The lowest BCUT2D eigenvalue weighted by Crippen LogP contribution is -2.30. The number of hydrogen-bond donors (Lipinski definition) is 0. The van der Waals surface area contributed by atoms with Crippen LogP contribution in [0, 0.1) is 21.4 Å². The van der Waals surface area contributed by atoms with Crippen molar-refractivity contribution in [3.63, 3.8) is 0 Å². The van der Waals surface area contributed by atoms with E-state index in [0.717, 1.165) is 29.8 Å². The predicted octanol–water partition coefficient (Wildman–Crippen LogP) is 3.68. The summed E-state index contributed by atoms with van der Waals surface area (Å²) in [7, 11) is 0. The number of hydrogen-bond acceptors (Lipinski definition) is 4. The molecular formula is C16H12ClN3O2. The maximum atomic E-state index is 10.9. The second kappa shape index (κ2) is 5.66. The first-order chi connectivity index (χ1) is 10.6. The monoisotopic (exact) mass is 313 g/mol. The van der Waals surface area contributed by atoms with E-state index in [-0.39, 0.29) is 10.6 Å². The number of non-ortho nitro benzene ring substituents is 1. The highest BCUT2D eigenvalue weighted by Crippen LogP contribution is 2.29. The molecular weight excluding hydrogens is 302 g/mol. The lowest BCUT2D eigenvalue weighted by molar-refractivity contribution is -0.384. The summed E-state index contributed by atoms with van der Waals surface area (Å²) in [6.07, 6.45) is 0.824. The van der Waals surface area contributed by atoms with E-state index in [9.17, 15) is 10.1 Å². The molecule has 1 aliphatic heterocycles. The van der Waals surface area contributed by atoms with Crippen molar-refractivity contribution in [3.8, 4) is 6.07 Å². The van der Waals surface area contributed by atoms with Crippen molar-refractivity contribution in [1.82, 2.24) is 0 Å². The molecule has 0 amide bonds. The zero-order valence-corrected chi connectivity index (χ0v) is 12.4. The first-order valence-corrected chi connectivity index (χ1v) is 7.17. The van der Waals surface area contributed by atoms with Gasteiger partial charge in [-0.05, 0) is 35.7 Å². The molecule has 6 heteroatoms. The van der Waals surface area contributed by atoms with Gasteiger partial charge in [0.2, 0.25) is 0 Å². The standard InChI is InChI=1S/C16H12ClN3O2/c17-16-8-14(3-2-12(16)9-18)19-6-5-11-1-4-15(20(21)22)7-13(11)10-19/h1-4,7-8H,5-6,10H2. The predicted molar refractivity (Wildman–Crippen MR) is 84.0 cm³/mol. The van der Waals surface area contributed by atoms with E-state index in [4.69, 9.17) is 16.9 Å². The van der Waals surface area contributed by atoms with Crippen LogP contribution in [-0.2, 0) is 13.0 Å². The summed E-state index contributed by atoms with van der Waals surface area (Å²) in [4.78, 5) is 12.6. The highest BCUT2D eigenvalue weighted by molar-refractivity contribution is 6.32. The molecule has 110 valence electrons. The fraction of sp³-hybridized carbons (Fsp3) is 0.188. The number of nitriles is 1. The molecule has 0 fully saturated rings. The number of nitro benzene ring substituents is 1. The minimum Gasteiger partial charge on any atom is -0.367 e. The molecule has 3 rings (SSSR count). The third kappa shape index (κ3) is 2.61. The minimum absolute atomic E-state index is 0.110. The molecule has 0 radical (unpaired) electrons. The lowest BCUT2D eigenvalue weighted by Gasteiger charge is -2.30. The summed E-state index contributed by atoms with van der Waals surface area (Å²) in [5, 5.41) is 20.2. The molecule has 1 aliphatic rings. The zero-order chi connectivity index (χ0) is 15.7. The van der Waals surface area contributed by atoms with Crippen LogP contribution in [0.15, 0.2) is 36.4 Å². The van der Waals surface area contributed by atoms with Gasteiger partial charge in [0.15, 0.2) is 0 Å². The fourth-order valence-electron chi connectivity index (χ4n) is 2.67. The normalized spacial score (nSPS) is 13.4. The van der Waals surface area contributed by atoms with E-state index >= 15 is 0 Å². The molecule has 0 bridgehead atoms. The number of anilines is 1. The van der Waals surface area contributed by atoms with Crippen LogP contribution in [0.1, 0.15) is 16.7 Å². The molecule has 0 N–H and O–H groups in total. The summed E-state index contributed by atoms with van der Waals surface area (Å²) < 4.78 is 0. The van der Waals surface area contributed by atoms with Crippen molar-refractivity contribution in [3.05, 3.63) is 68.2 Å². The molecule has 0 unspecified atom stereocenters. The summed E-state index contributed by atoms with van der Waals surface area (Å²) >= 11 is 6.08. The van der Waals surface area contributed by atoms with Crippen LogP contribution in [0.25, 0.3) is 0 Å². The third-order valence-electron chi connectivity index (χ3n) is 3.85. The second-order valence-electron chi connectivity index (χ2n) is 5.16. The summed E-state index contributed by atoms with van der Waals surface area (Å²) in [5.41, 5.74) is 3.57. The van der Waals surface area contributed by atoms with E-state index in [0.29, 0.717) is 17.1 Å². The first-order valence-electron chi connectivity index (χ1n) is 6.79. The SMILES string of the molecule is N#Cc1ccc(N2CCc3ccc([N+](=O)[O-])cc3C2)cc1Cl. The Kier molecular flexibility index (Phi) is 3.70.